The molecule has 2 heterocycles. The van der Waals surface area contributed by atoms with Crippen LogP contribution in [0.5, 0.6) is 0 Å². The Bertz CT molecular complexity index is 749. The summed E-state index contributed by atoms with van der Waals surface area (Å²) in [5, 5.41) is 3.71. The van der Waals surface area contributed by atoms with Crippen molar-refractivity contribution in [3.05, 3.63) is 51.5 Å². The van der Waals surface area contributed by atoms with E-state index in [-0.39, 0.29) is 12.5 Å². The smallest absolute Gasteiger partial charge is 0.262 e. The molecule has 1 aliphatic heterocycles. The summed E-state index contributed by atoms with van der Waals surface area (Å²) in [6, 6.07) is 6.59. The summed E-state index contributed by atoms with van der Waals surface area (Å²) in [4.78, 5) is 42.5. The molecule has 7 heteroatoms. The molecule has 1 aromatic heterocycles. The molecule has 1 aliphatic rings. The van der Waals surface area contributed by atoms with Gasteiger partial charge in [0.05, 0.1) is 16.1 Å². The molecule has 3 amide bonds. The fraction of sp³-hybridized carbons (Fsp3) is 0.250. The highest BCUT2D eigenvalue weighted by atomic mass is 32.1. The number of aryl methyl sites for hydroxylation is 1. The van der Waals surface area contributed by atoms with E-state index in [0.29, 0.717) is 24.1 Å². The zero-order valence-corrected chi connectivity index (χ0v) is 13.4. The Labute approximate surface area is 137 Å². The minimum Gasteiger partial charge on any atom is -0.354 e. The Hall–Kier alpha value is -2.54. The lowest BCUT2D eigenvalue weighted by Gasteiger charge is -2.13. The molecule has 0 atom stereocenters. The molecule has 1 N–H and O–H groups in total. The van der Waals surface area contributed by atoms with Crippen molar-refractivity contribution in [1.82, 2.24) is 15.2 Å². The highest BCUT2D eigenvalue weighted by Crippen LogP contribution is 2.21. The number of hydrogen-bond acceptors (Lipinski definition) is 5. The van der Waals surface area contributed by atoms with Gasteiger partial charge in [-0.05, 0) is 19.1 Å². The summed E-state index contributed by atoms with van der Waals surface area (Å²) in [6.45, 7) is 2.12. The lowest BCUT2D eigenvalue weighted by Crippen LogP contribution is -2.40. The van der Waals surface area contributed by atoms with E-state index >= 15 is 0 Å². The maximum absolute atomic E-state index is 12.2. The van der Waals surface area contributed by atoms with Crippen LogP contribution < -0.4 is 5.32 Å². The number of thiazole rings is 1. The molecule has 0 aliphatic carbocycles. The summed E-state index contributed by atoms with van der Waals surface area (Å²) in [5.41, 5.74) is 0.705. The van der Waals surface area contributed by atoms with Crippen molar-refractivity contribution in [3.8, 4) is 0 Å². The van der Waals surface area contributed by atoms with Crippen LogP contribution in [-0.4, -0.2) is 40.7 Å². The number of nitrogens with zero attached hydrogens (tertiary/aromatic N) is 2. The Balaban J connectivity index is 1.54. The number of aromatic nitrogens is 1. The number of amides is 3. The largest absolute Gasteiger partial charge is 0.354 e. The van der Waals surface area contributed by atoms with Gasteiger partial charge in [-0.3, -0.25) is 19.3 Å². The maximum atomic E-state index is 12.2. The van der Waals surface area contributed by atoms with Gasteiger partial charge < -0.3 is 5.32 Å². The van der Waals surface area contributed by atoms with Crippen LogP contribution >= 0.6 is 11.3 Å². The second-order valence-corrected chi connectivity index (χ2v) is 6.51. The number of hydrogen-bond donors (Lipinski definition) is 1. The van der Waals surface area contributed by atoms with Gasteiger partial charge in [0.25, 0.3) is 11.8 Å². The second kappa shape index (κ2) is 6.29. The number of carbonyl (C=O) groups is 3. The number of nitrogens with one attached hydrogen (secondary N) is 1. The van der Waals surface area contributed by atoms with Gasteiger partial charge in [0.15, 0.2) is 0 Å². The van der Waals surface area contributed by atoms with E-state index in [1.165, 1.54) is 0 Å². The van der Waals surface area contributed by atoms with Gasteiger partial charge in [-0.15, -0.1) is 11.3 Å². The van der Waals surface area contributed by atoms with E-state index in [1.54, 1.807) is 41.8 Å². The van der Waals surface area contributed by atoms with Crippen LogP contribution in [0.25, 0.3) is 0 Å². The molecule has 2 aromatic rings. The van der Waals surface area contributed by atoms with E-state index in [1.807, 2.05) is 6.92 Å². The maximum Gasteiger partial charge on any atom is 0.262 e. The lowest BCUT2D eigenvalue weighted by molar-refractivity contribution is -0.121. The molecule has 0 unspecified atom stereocenters. The van der Waals surface area contributed by atoms with Crippen molar-refractivity contribution in [2.45, 2.75) is 13.3 Å². The van der Waals surface area contributed by atoms with Gasteiger partial charge in [-0.25, -0.2) is 4.98 Å². The van der Waals surface area contributed by atoms with E-state index < -0.39 is 11.8 Å². The summed E-state index contributed by atoms with van der Waals surface area (Å²) in [7, 11) is 0. The highest BCUT2D eigenvalue weighted by Gasteiger charge is 2.36. The first kappa shape index (κ1) is 15.4. The number of rotatable bonds is 5. The number of carbonyl (C=O) groups excluding carboxylic acids is 3. The van der Waals surface area contributed by atoms with Gasteiger partial charge in [-0.1, -0.05) is 12.1 Å². The van der Waals surface area contributed by atoms with Crippen LogP contribution in [0.15, 0.2) is 30.5 Å². The first-order valence-corrected chi connectivity index (χ1v) is 8.01. The molecule has 0 saturated carbocycles. The molecule has 0 saturated heterocycles. The zero-order valence-electron chi connectivity index (χ0n) is 12.5. The summed E-state index contributed by atoms with van der Waals surface area (Å²) in [6.07, 6.45) is 2.47. The predicted octanol–water partition coefficient (Wildman–Crippen LogP) is 1.41. The number of fused-ring (bicyclic) bond motifs is 1. The molecular formula is C16H15N3O3S. The van der Waals surface area contributed by atoms with Crippen LogP contribution in [0.4, 0.5) is 0 Å². The van der Waals surface area contributed by atoms with E-state index in [9.17, 15) is 14.4 Å². The number of benzene rings is 1. The average Bonchev–Trinajstić information content (AvgIpc) is 3.05. The molecule has 0 bridgehead atoms. The third kappa shape index (κ3) is 3.14. The Morgan fingerprint density at radius 3 is 2.43 bits per heavy atom. The Kier molecular flexibility index (Phi) is 4.20. The summed E-state index contributed by atoms with van der Waals surface area (Å²) >= 11 is 1.58. The first-order chi connectivity index (χ1) is 11.1. The van der Waals surface area contributed by atoms with Crippen molar-refractivity contribution in [2.75, 3.05) is 13.1 Å². The van der Waals surface area contributed by atoms with Crippen LogP contribution in [0, 0.1) is 6.92 Å². The van der Waals surface area contributed by atoms with Gasteiger partial charge in [0.1, 0.15) is 6.54 Å². The highest BCUT2D eigenvalue weighted by molar-refractivity contribution is 7.11. The molecule has 1 aromatic carbocycles. The van der Waals surface area contributed by atoms with Gasteiger partial charge >= 0.3 is 0 Å². The van der Waals surface area contributed by atoms with Gasteiger partial charge in [0.2, 0.25) is 5.91 Å². The normalized spacial score (nSPS) is 13.3. The van der Waals surface area contributed by atoms with Crippen LogP contribution in [0.1, 0.15) is 30.6 Å². The van der Waals surface area contributed by atoms with Gasteiger partial charge in [0, 0.05) is 24.0 Å². The minimum absolute atomic E-state index is 0.256. The molecular weight excluding hydrogens is 314 g/mol. The van der Waals surface area contributed by atoms with Crippen LogP contribution in [-0.2, 0) is 11.2 Å². The molecule has 6 nitrogen and oxygen atoms in total. The van der Waals surface area contributed by atoms with Crippen molar-refractivity contribution in [2.24, 2.45) is 0 Å². The minimum atomic E-state index is -0.418. The number of imide groups is 1. The SMILES string of the molecule is Cc1ncc(CCNC(=O)CN2C(=O)c3ccccc3C2=O)s1. The summed E-state index contributed by atoms with van der Waals surface area (Å²) < 4.78 is 0. The second-order valence-electron chi connectivity index (χ2n) is 5.19. The molecule has 118 valence electrons. The molecule has 0 fully saturated rings. The topological polar surface area (TPSA) is 79.4 Å². The Morgan fingerprint density at radius 2 is 1.87 bits per heavy atom. The van der Waals surface area contributed by atoms with Crippen LogP contribution in [0.3, 0.4) is 0 Å². The van der Waals surface area contributed by atoms with Crippen molar-refractivity contribution in [3.63, 3.8) is 0 Å². The molecule has 23 heavy (non-hydrogen) atoms. The molecule has 0 radical (unpaired) electrons. The average molecular weight is 329 g/mol. The Morgan fingerprint density at radius 1 is 1.22 bits per heavy atom. The monoisotopic (exact) mass is 329 g/mol. The van der Waals surface area contributed by atoms with E-state index in [4.69, 9.17) is 0 Å². The van der Waals surface area contributed by atoms with Crippen molar-refractivity contribution < 1.29 is 14.4 Å². The van der Waals surface area contributed by atoms with Crippen molar-refractivity contribution in [1.29, 1.82) is 0 Å². The summed E-state index contributed by atoms with van der Waals surface area (Å²) in [5.74, 6) is -1.18. The first-order valence-electron chi connectivity index (χ1n) is 7.19. The van der Waals surface area contributed by atoms with Gasteiger partial charge in [-0.2, -0.15) is 0 Å². The third-order valence-electron chi connectivity index (χ3n) is 3.54. The lowest BCUT2D eigenvalue weighted by atomic mass is 10.1. The van der Waals surface area contributed by atoms with E-state index in [0.717, 1.165) is 14.8 Å². The molecule has 0 spiro atoms. The van der Waals surface area contributed by atoms with Crippen LogP contribution in [0.2, 0.25) is 0 Å². The fourth-order valence-corrected chi connectivity index (χ4v) is 3.22. The van der Waals surface area contributed by atoms with E-state index in [2.05, 4.69) is 10.3 Å². The van der Waals surface area contributed by atoms with Crippen molar-refractivity contribution >= 4 is 29.1 Å². The fourth-order valence-electron chi connectivity index (χ4n) is 2.43. The third-order valence-corrected chi connectivity index (χ3v) is 4.52. The molecule has 3 rings (SSSR count). The zero-order chi connectivity index (χ0) is 16.4. The quantitative estimate of drug-likeness (QED) is 0.841. The standard InChI is InChI=1S/C16H15N3O3S/c1-10-18-8-11(23-10)6-7-17-14(20)9-19-15(21)12-4-2-3-5-13(12)16(19)22/h2-5,8H,6-7,9H2,1H3,(H,17,20). The predicted molar refractivity (Wildman–Crippen MR) is 85.4 cm³/mol.